The van der Waals surface area contributed by atoms with Gasteiger partial charge >= 0.3 is 5.97 Å². The molecule has 0 radical (unpaired) electrons. The Kier molecular flexibility index (Phi) is 15.9. The van der Waals surface area contributed by atoms with E-state index in [1.165, 1.54) is 40.1 Å². The Hall–Kier alpha value is -5.93. The van der Waals surface area contributed by atoms with Gasteiger partial charge in [0.15, 0.2) is 5.69 Å². The van der Waals surface area contributed by atoms with E-state index in [2.05, 4.69) is 42.9 Å². The first kappa shape index (κ1) is 55.3. The minimum atomic E-state index is -1.09. The number of carboxylic acid groups (broad SMARTS) is 1. The maximum absolute atomic E-state index is 15.1. The van der Waals surface area contributed by atoms with Crippen LogP contribution in [0.25, 0.3) is 27.0 Å². The number of nitrogens with zero attached hydrogens (tertiary/aromatic N) is 9. The number of morpholine rings is 1. The Balaban J connectivity index is 0.654. The second kappa shape index (κ2) is 23.6. The van der Waals surface area contributed by atoms with E-state index in [1.807, 2.05) is 42.6 Å². The molecule has 2 amide bonds. The summed E-state index contributed by atoms with van der Waals surface area (Å²) in [6.07, 6.45) is 14.3. The molecule has 1 spiro atoms. The Labute approximate surface area is 486 Å². The van der Waals surface area contributed by atoms with Gasteiger partial charge in [0.05, 0.1) is 68.5 Å². The fraction of sp³-hybridized carbons (Fsp3) is 0.548. The monoisotopic (exact) mass is 1150 g/mol. The summed E-state index contributed by atoms with van der Waals surface area (Å²) < 4.78 is 15.4. The number of halogens is 1. The van der Waals surface area contributed by atoms with Crippen molar-refractivity contribution in [1.29, 1.82) is 0 Å². The fourth-order valence-electron chi connectivity index (χ4n) is 15.1. The summed E-state index contributed by atoms with van der Waals surface area (Å²) in [7, 11) is 0. The molecule has 6 aromatic rings. The van der Waals surface area contributed by atoms with Gasteiger partial charge in [-0.2, -0.15) is 4.98 Å². The molecule has 0 bridgehead atoms. The average molecular weight is 1150 g/mol. The number of β-amino-alcohol motifs (C(OH)–C–C–N with tert-alkyl or cyclic N) is 1. The number of aliphatic hydroxyl groups excluding tert-OH is 1. The lowest BCUT2D eigenvalue weighted by atomic mass is 9.69. The summed E-state index contributed by atoms with van der Waals surface area (Å²) in [4.78, 5) is 71.1. The first-order valence-electron chi connectivity index (χ1n) is 29.9. The molecule has 432 valence electrons. The zero-order chi connectivity index (χ0) is 56.1. The number of hydrogen-bond donors (Lipinski definition) is 3. The minimum absolute atomic E-state index is 0.00290. The lowest BCUT2D eigenvalue weighted by molar-refractivity contribution is -0.144. The molecule has 2 saturated carbocycles. The van der Waals surface area contributed by atoms with Gasteiger partial charge in [0.1, 0.15) is 17.9 Å². The molecule has 5 aliphatic heterocycles. The van der Waals surface area contributed by atoms with Gasteiger partial charge in [-0.15, -0.1) is 16.4 Å². The number of thiazole rings is 1. The quantitative estimate of drug-likeness (QED) is 0.0938. The number of rotatable bonds is 14. The summed E-state index contributed by atoms with van der Waals surface area (Å²) in [6, 6.07) is 18.3. The van der Waals surface area contributed by atoms with Crippen molar-refractivity contribution in [3.63, 3.8) is 0 Å². The van der Waals surface area contributed by atoms with Gasteiger partial charge < -0.3 is 34.8 Å². The molecule has 3 aromatic carbocycles. The SMILES string of the molecule is O=C(O)c1ncsc1-c1ccc([C@H](CN2CCOCC2)NC(=O)[C@@H]2C[C@@H](O)CN2C(=O)[C@H](C2CCOCC2)n2cc(C3CCC(CN4CCC(c5ccc6c(c5)-n5c(nc(=O)c7c(Cl)cccc75)C65CCCCC5)CC4)CC3)nn2)cc1. The molecule has 2 aliphatic carbocycles. The first-order chi connectivity index (χ1) is 40.0. The van der Waals surface area contributed by atoms with E-state index < -0.39 is 30.2 Å². The first-order valence-corrected chi connectivity index (χ1v) is 31.2. The number of aromatic nitrogens is 6. The third-order valence-electron chi connectivity index (χ3n) is 19.5. The van der Waals surface area contributed by atoms with Crippen LogP contribution in [-0.2, 0) is 24.5 Å². The van der Waals surface area contributed by atoms with E-state index in [-0.39, 0.29) is 53.3 Å². The van der Waals surface area contributed by atoms with Crippen LogP contribution in [0.4, 0.5) is 0 Å². The highest BCUT2D eigenvalue weighted by Gasteiger charge is 2.48. The van der Waals surface area contributed by atoms with Crippen LogP contribution in [0.5, 0.6) is 0 Å². The summed E-state index contributed by atoms with van der Waals surface area (Å²) in [5.74, 6) is 0.378. The van der Waals surface area contributed by atoms with Gasteiger partial charge in [-0.3, -0.25) is 23.9 Å². The Morgan fingerprint density at radius 2 is 1.61 bits per heavy atom. The molecule has 4 atom stereocenters. The Morgan fingerprint density at radius 3 is 2.37 bits per heavy atom. The number of carbonyl (C=O) groups excluding carboxylic acids is 2. The van der Waals surface area contributed by atoms with Crippen LogP contribution in [0.1, 0.15) is 153 Å². The van der Waals surface area contributed by atoms with Gasteiger partial charge in [-0.25, -0.2) is 14.5 Å². The molecule has 3 aromatic heterocycles. The van der Waals surface area contributed by atoms with Crippen molar-refractivity contribution in [1.82, 2.24) is 49.5 Å². The van der Waals surface area contributed by atoms with E-state index >= 15 is 4.79 Å². The summed E-state index contributed by atoms with van der Waals surface area (Å²) in [6.45, 7) is 7.31. The molecule has 20 heteroatoms. The molecular formula is C62H73ClN10O8S. The van der Waals surface area contributed by atoms with Crippen molar-refractivity contribution in [2.24, 2.45) is 11.8 Å². The fourth-order valence-corrected chi connectivity index (χ4v) is 16.1. The molecule has 82 heavy (non-hydrogen) atoms. The highest BCUT2D eigenvalue weighted by Crippen LogP contribution is 2.52. The van der Waals surface area contributed by atoms with E-state index in [4.69, 9.17) is 36.4 Å². The highest BCUT2D eigenvalue weighted by molar-refractivity contribution is 7.13. The van der Waals surface area contributed by atoms with Crippen LogP contribution in [0, 0.1) is 11.8 Å². The van der Waals surface area contributed by atoms with Crippen molar-refractivity contribution in [2.75, 3.05) is 72.2 Å². The number of ether oxygens (including phenoxy) is 2. The van der Waals surface area contributed by atoms with Crippen molar-refractivity contribution < 1.29 is 34.1 Å². The van der Waals surface area contributed by atoms with Gasteiger partial charge in [-0.1, -0.05) is 78.5 Å². The van der Waals surface area contributed by atoms with Crippen LogP contribution in [-0.4, -0.2) is 157 Å². The number of aromatic carboxylic acids is 1. The Morgan fingerprint density at radius 1 is 0.854 bits per heavy atom. The largest absolute Gasteiger partial charge is 0.476 e. The number of nitrogens with one attached hydrogen (secondary N) is 1. The molecule has 3 N–H and O–H groups in total. The number of amides is 2. The predicted molar refractivity (Wildman–Crippen MR) is 311 cm³/mol. The molecule has 18 nitrogen and oxygen atoms in total. The number of likely N-dealkylation sites (tertiary alicyclic amines) is 2. The molecule has 7 aliphatic rings. The summed E-state index contributed by atoms with van der Waals surface area (Å²) in [5, 5.41) is 34.6. The predicted octanol–water partition coefficient (Wildman–Crippen LogP) is 8.29. The number of aliphatic hydroxyl groups is 1. The van der Waals surface area contributed by atoms with Crippen LogP contribution >= 0.6 is 22.9 Å². The summed E-state index contributed by atoms with van der Waals surface area (Å²) in [5.41, 5.74) is 8.17. The minimum Gasteiger partial charge on any atom is -0.476 e. The lowest BCUT2D eigenvalue weighted by Gasteiger charge is -2.37. The van der Waals surface area contributed by atoms with E-state index in [1.54, 1.807) is 15.6 Å². The number of fused-ring (bicyclic) bond motifs is 7. The second-order valence-electron chi connectivity index (χ2n) is 24.3. The Bertz CT molecular complexity index is 3370. The smallest absolute Gasteiger partial charge is 0.356 e. The van der Waals surface area contributed by atoms with E-state index in [9.17, 15) is 24.6 Å². The average Bonchev–Trinajstić information content (AvgIpc) is 4.04. The van der Waals surface area contributed by atoms with Crippen LogP contribution in [0.2, 0.25) is 5.02 Å². The zero-order valence-corrected chi connectivity index (χ0v) is 48.0. The van der Waals surface area contributed by atoms with Crippen molar-refractivity contribution in [3.8, 4) is 16.1 Å². The van der Waals surface area contributed by atoms with Crippen LogP contribution < -0.4 is 10.9 Å². The van der Waals surface area contributed by atoms with Gasteiger partial charge in [0.25, 0.3) is 5.56 Å². The van der Waals surface area contributed by atoms with E-state index in [0.717, 1.165) is 112 Å². The normalized spacial score (nSPS) is 24.3. The lowest BCUT2D eigenvalue weighted by Crippen LogP contribution is -2.51. The van der Waals surface area contributed by atoms with Crippen LogP contribution in [0.15, 0.2) is 77.2 Å². The maximum Gasteiger partial charge on any atom is 0.356 e. The third kappa shape index (κ3) is 10.7. The van der Waals surface area contributed by atoms with Crippen molar-refractivity contribution >= 4 is 51.6 Å². The zero-order valence-electron chi connectivity index (χ0n) is 46.4. The second-order valence-corrected chi connectivity index (χ2v) is 25.5. The third-order valence-corrected chi connectivity index (χ3v) is 20.7. The maximum atomic E-state index is 15.1. The molecule has 0 unspecified atom stereocenters. The standard InChI is InChI=1S/C62H73ClN10O8S/c63-47-5-4-6-50-53(47)58(76)66-61-62(21-2-1-3-22-62)46-16-15-44(31-51(46)73(50)61)39-17-23-69(24-18-39)33-38-7-9-41(10-8-38)49-36-72(68-67-49)55(42-19-27-80-28-20-42)59(77)71-34-45(74)32-52(71)57(75)65-48(35-70-25-29-81-30-26-70)40-11-13-43(14-12-40)56-54(60(78)79)64-37-82-56/h4-6,11-16,31,36-39,41-42,45,48,52,55,74H,1-3,7-10,17-30,32-35H2,(H,65,75)(H,78,79)/t38?,41?,45-,48+,52+,55+/m1/s1. The van der Waals surface area contributed by atoms with Gasteiger partial charge in [0.2, 0.25) is 11.8 Å². The number of benzene rings is 3. The highest BCUT2D eigenvalue weighted by atomic mass is 35.5. The summed E-state index contributed by atoms with van der Waals surface area (Å²) >= 11 is 7.93. The topological polar surface area (TPSA) is 210 Å². The van der Waals surface area contributed by atoms with Crippen molar-refractivity contribution in [2.45, 2.75) is 131 Å². The molecule has 8 heterocycles. The van der Waals surface area contributed by atoms with E-state index in [0.29, 0.717) is 86.0 Å². The van der Waals surface area contributed by atoms with Gasteiger partial charge in [-0.05, 0) is 136 Å². The van der Waals surface area contributed by atoms with Gasteiger partial charge in [0, 0.05) is 64.5 Å². The molecular weight excluding hydrogens is 1080 g/mol. The van der Waals surface area contributed by atoms with Crippen molar-refractivity contribution in [3.05, 3.63) is 122 Å². The molecule has 13 rings (SSSR count). The number of carboxylic acids is 1. The van der Waals surface area contributed by atoms with Crippen LogP contribution in [0.3, 0.4) is 0 Å². The number of carbonyl (C=O) groups is 3. The molecule has 4 saturated heterocycles. The number of piperidine rings is 1. The molecule has 6 fully saturated rings. The number of hydrogen-bond acceptors (Lipinski definition) is 14.